The molecule has 0 heterocycles. The fourth-order valence-corrected chi connectivity index (χ4v) is 10.8. The first kappa shape index (κ1) is 37.8. The maximum absolute atomic E-state index is 13.0. The van der Waals surface area contributed by atoms with Gasteiger partial charge in [0.05, 0.1) is 0 Å². The van der Waals surface area contributed by atoms with Gasteiger partial charge in [-0.2, -0.15) is 0 Å². The Labute approximate surface area is 249 Å². The summed E-state index contributed by atoms with van der Waals surface area (Å²) >= 11 is 0. The van der Waals surface area contributed by atoms with E-state index in [0.29, 0.717) is 6.61 Å². The third-order valence-electron chi connectivity index (χ3n) is 8.87. The van der Waals surface area contributed by atoms with Gasteiger partial charge >= 0.3 is 191 Å². The van der Waals surface area contributed by atoms with E-state index in [2.05, 4.69) is 58.0 Å². The van der Waals surface area contributed by atoms with Gasteiger partial charge in [0.25, 0.3) is 0 Å². The molecule has 4 nitrogen and oxygen atoms in total. The second-order valence-corrected chi connectivity index (χ2v) is 18.5. The first-order valence-corrected chi connectivity index (χ1v) is 21.3. The molecule has 1 N–H and O–H groups in total. The molecule has 0 spiro atoms. The Morgan fingerprint density at radius 3 is 1.52 bits per heavy atom. The summed E-state index contributed by atoms with van der Waals surface area (Å²) in [6.07, 6.45) is 26.2. The average Bonchev–Trinajstić information content (AvgIpc) is 2.96. The van der Waals surface area contributed by atoms with Crippen molar-refractivity contribution in [2.24, 2.45) is 0 Å². The summed E-state index contributed by atoms with van der Waals surface area (Å²) in [7, 11) is -5.83. The Bertz CT molecular complexity index is 739. The summed E-state index contributed by atoms with van der Waals surface area (Å²) in [4.78, 5) is 10.7. The van der Waals surface area contributed by atoms with E-state index < -0.39 is 15.1 Å². The fourth-order valence-electron chi connectivity index (χ4n) is 5.96. The minimum absolute atomic E-state index is 0.186. The van der Waals surface area contributed by atoms with Gasteiger partial charge < -0.3 is 0 Å². The van der Waals surface area contributed by atoms with Gasteiger partial charge in [-0.05, 0) is 0 Å². The predicted octanol–water partition coefficient (Wildman–Crippen LogP) is 11.1. The van der Waals surface area contributed by atoms with E-state index in [-0.39, 0.29) is 6.10 Å². The van der Waals surface area contributed by atoms with Crippen molar-refractivity contribution in [2.45, 2.75) is 156 Å². The molecule has 2 atom stereocenters. The van der Waals surface area contributed by atoms with Crippen LogP contribution in [0.15, 0.2) is 30.3 Å². The molecule has 0 aromatic heterocycles. The van der Waals surface area contributed by atoms with E-state index in [1.165, 1.54) is 102 Å². The Morgan fingerprint density at radius 1 is 0.675 bits per heavy atom. The standard InChI is InChI=1S/C34H66O4P2/c1-5-9-11-13-15-16-17-19-21-24-28-33(27-23-20-18-14-12-10-6-2)38-40(35,36)37-31-32-39(7-3,8-4)34-29-25-22-26-30-34/h22,25-26,29-30,33,39H,5-21,23-24,27-28,31-32H2,1-4H3,(H,35,36). The van der Waals surface area contributed by atoms with Crippen LogP contribution in [0, 0.1) is 0 Å². The Balaban J connectivity index is 2.52. The fraction of sp³-hybridized carbons (Fsp3) is 0.824. The normalized spacial score (nSPS) is 14.7. The molecule has 1 aromatic rings. The molecule has 0 saturated heterocycles. The number of unbranched alkanes of at least 4 members (excludes halogenated alkanes) is 15. The van der Waals surface area contributed by atoms with Crippen LogP contribution >= 0.6 is 15.1 Å². The quantitative estimate of drug-likeness (QED) is 0.0768. The minimum atomic E-state index is -4.08. The van der Waals surface area contributed by atoms with Crippen molar-refractivity contribution in [3.63, 3.8) is 0 Å². The summed E-state index contributed by atoms with van der Waals surface area (Å²) in [5.41, 5.74) is 0. The summed E-state index contributed by atoms with van der Waals surface area (Å²) in [6.45, 7) is 9.31. The van der Waals surface area contributed by atoms with Crippen LogP contribution in [0.3, 0.4) is 0 Å². The molecule has 0 aliphatic carbocycles. The molecule has 2 unspecified atom stereocenters. The van der Waals surface area contributed by atoms with E-state index >= 15 is 0 Å². The van der Waals surface area contributed by atoms with Crippen molar-refractivity contribution in [1.29, 1.82) is 0 Å². The van der Waals surface area contributed by atoms with E-state index in [1.54, 1.807) is 0 Å². The van der Waals surface area contributed by atoms with E-state index in [9.17, 15) is 9.46 Å². The zero-order valence-electron chi connectivity index (χ0n) is 26.8. The van der Waals surface area contributed by atoms with Gasteiger partial charge in [0.15, 0.2) is 0 Å². The van der Waals surface area contributed by atoms with Crippen LogP contribution in [-0.4, -0.2) is 36.1 Å². The van der Waals surface area contributed by atoms with Crippen LogP contribution in [0.25, 0.3) is 0 Å². The molecule has 0 fully saturated rings. The number of hydrogen-bond acceptors (Lipinski definition) is 3. The van der Waals surface area contributed by atoms with Crippen molar-refractivity contribution >= 4 is 20.4 Å². The van der Waals surface area contributed by atoms with Gasteiger partial charge in [-0.1, -0.05) is 58.8 Å². The van der Waals surface area contributed by atoms with Crippen LogP contribution in [-0.2, 0) is 13.6 Å². The SMILES string of the molecule is CCCCCCCCCCCCC(CCCCCCCCC)OP(=O)(O)OCC[PH](CC)(CC)c1ccccc1. The van der Waals surface area contributed by atoms with Gasteiger partial charge in [0, 0.05) is 0 Å². The van der Waals surface area contributed by atoms with E-state index in [4.69, 9.17) is 9.05 Å². The molecule has 0 saturated carbocycles. The molecule has 6 heteroatoms. The molecular formula is C34H66O4P2. The second kappa shape index (κ2) is 24.2. The third kappa shape index (κ3) is 17.7. The Hall–Kier alpha value is -0.240. The summed E-state index contributed by atoms with van der Waals surface area (Å²) < 4.78 is 24.5. The number of benzene rings is 1. The van der Waals surface area contributed by atoms with Gasteiger partial charge in [-0.3, -0.25) is 0 Å². The van der Waals surface area contributed by atoms with Crippen molar-refractivity contribution in [3.8, 4) is 0 Å². The molecule has 0 radical (unpaired) electrons. The van der Waals surface area contributed by atoms with Crippen LogP contribution in [0.5, 0.6) is 0 Å². The van der Waals surface area contributed by atoms with Crippen molar-refractivity contribution in [3.05, 3.63) is 30.3 Å². The van der Waals surface area contributed by atoms with E-state index in [1.807, 2.05) is 0 Å². The van der Waals surface area contributed by atoms with Gasteiger partial charge in [0.2, 0.25) is 0 Å². The molecule has 1 aromatic carbocycles. The number of rotatable bonds is 28. The molecule has 0 amide bonds. The summed E-state index contributed by atoms with van der Waals surface area (Å²) in [6, 6.07) is 10.7. The van der Waals surface area contributed by atoms with Crippen LogP contribution in [0.4, 0.5) is 0 Å². The molecule has 0 aliphatic rings. The van der Waals surface area contributed by atoms with Crippen molar-refractivity contribution < 1.29 is 18.5 Å². The van der Waals surface area contributed by atoms with Crippen LogP contribution in [0.2, 0.25) is 0 Å². The number of hydrogen-bond donors (Lipinski definition) is 1. The third-order valence-corrected chi connectivity index (χ3v) is 15.4. The summed E-state index contributed by atoms with van der Waals surface area (Å²) in [5, 5.41) is 1.41. The molecule has 236 valence electrons. The number of phosphoric ester groups is 1. The van der Waals surface area contributed by atoms with Gasteiger partial charge in [-0.25, -0.2) is 0 Å². The molecular weight excluding hydrogens is 534 g/mol. The predicted molar refractivity (Wildman–Crippen MR) is 180 cm³/mol. The Morgan fingerprint density at radius 2 is 1.10 bits per heavy atom. The van der Waals surface area contributed by atoms with Crippen molar-refractivity contribution in [1.82, 2.24) is 0 Å². The zero-order valence-corrected chi connectivity index (χ0v) is 28.7. The second-order valence-electron chi connectivity index (χ2n) is 12.0. The molecule has 1 rings (SSSR count). The van der Waals surface area contributed by atoms with Gasteiger partial charge in [-0.15, -0.1) is 0 Å². The molecule has 0 aliphatic heterocycles. The number of phosphoric acid groups is 1. The first-order chi connectivity index (χ1) is 19.4. The van der Waals surface area contributed by atoms with Crippen LogP contribution < -0.4 is 5.30 Å². The molecule has 40 heavy (non-hydrogen) atoms. The van der Waals surface area contributed by atoms with Gasteiger partial charge in [0.1, 0.15) is 0 Å². The maximum atomic E-state index is 13.0. The van der Waals surface area contributed by atoms with Crippen molar-refractivity contribution in [2.75, 3.05) is 25.1 Å². The molecule has 0 bridgehead atoms. The first-order valence-electron chi connectivity index (χ1n) is 17.1. The van der Waals surface area contributed by atoms with Crippen LogP contribution in [0.1, 0.15) is 150 Å². The topological polar surface area (TPSA) is 55.8 Å². The summed E-state index contributed by atoms with van der Waals surface area (Å²) in [5.74, 6) is 0. The Kier molecular flexibility index (Phi) is 22.9. The monoisotopic (exact) mass is 600 g/mol. The zero-order chi connectivity index (χ0) is 29.4. The average molecular weight is 601 g/mol. The van der Waals surface area contributed by atoms with E-state index in [0.717, 1.165) is 44.2 Å².